The van der Waals surface area contributed by atoms with Crippen LogP contribution in [0.2, 0.25) is 0 Å². The van der Waals surface area contributed by atoms with Crippen molar-refractivity contribution in [1.29, 1.82) is 0 Å². The van der Waals surface area contributed by atoms with Crippen LogP contribution in [0.3, 0.4) is 0 Å². The first kappa shape index (κ1) is 52.0. The Kier molecular flexibility index (Phi) is 24.4. The summed E-state index contributed by atoms with van der Waals surface area (Å²) >= 11 is 0. The van der Waals surface area contributed by atoms with Gasteiger partial charge >= 0.3 is 24.3 Å². The summed E-state index contributed by atoms with van der Waals surface area (Å²) in [6.07, 6.45) is 8.13. The highest BCUT2D eigenvalue weighted by Crippen LogP contribution is 2.45. The van der Waals surface area contributed by atoms with E-state index in [0.29, 0.717) is 25.7 Å². The predicted molar refractivity (Wildman–Crippen MR) is 220 cm³/mol. The fraction of sp³-hybridized carbons (Fsp3) is 0.702. The number of hydrogen-bond donors (Lipinski definition) is 0. The Hall–Kier alpha value is -3.12. The molecule has 0 aliphatic heterocycles. The first-order valence-corrected chi connectivity index (χ1v) is 22.0. The van der Waals surface area contributed by atoms with Gasteiger partial charge in [-0.15, -0.1) is 0 Å². The first-order valence-electron chi connectivity index (χ1n) is 22.0. The summed E-state index contributed by atoms with van der Waals surface area (Å²) < 4.78 is 110. The molecule has 2 aromatic rings. The third kappa shape index (κ3) is 16.4. The lowest BCUT2D eigenvalue weighted by atomic mass is 9.92. The van der Waals surface area contributed by atoms with Gasteiger partial charge < -0.3 is 18.9 Å². The van der Waals surface area contributed by atoms with E-state index in [1.807, 2.05) is 6.92 Å². The van der Waals surface area contributed by atoms with Crippen LogP contribution in [0.25, 0.3) is 0 Å². The van der Waals surface area contributed by atoms with Gasteiger partial charge in [-0.3, -0.25) is 0 Å². The molecular formula is C47H70F6O6. The Balaban J connectivity index is 2.18. The second kappa shape index (κ2) is 27.7. The lowest BCUT2D eigenvalue weighted by Crippen LogP contribution is -2.53. The van der Waals surface area contributed by atoms with Gasteiger partial charge in [0, 0.05) is 31.8 Å². The van der Waals surface area contributed by atoms with Crippen molar-refractivity contribution in [1.82, 2.24) is 0 Å². The van der Waals surface area contributed by atoms with E-state index in [1.165, 1.54) is 107 Å². The summed E-state index contributed by atoms with van der Waals surface area (Å²) in [6, 6.07) is 12.8. The minimum Gasteiger partial charge on any atom is -0.460 e. The van der Waals surface area contributed by atoms with Crippen molar-refractivity contribution in [2.75, 3.05) is 14.2 Å². The number of rotatable bonds is 32. The number of alkyl halides is 6. The Bertz CT molecular complexity index is 1410. The van der Waals surface area contributed by atoms with E-state index in [4.69, 9.17) is 18.9 Å². The molecule has 59 heavy (non-hydrogen) atoms. The number of carbonyl (C=O) groups is 2. The lowest BCUT2D eigenvalue weighted by Gasteiger charge is -2.35. The minimum absolute atomic E-state index is 0.0898. The molecule has 0 bridgehead atoms. The van der Waals surface area contributed by atoms with Crippen LogP contribution < -0.4 is 0 Å². The fourth-order valence-corrected chi connectivity index (χ4v) is 7.70. The molecule has 2 aromatic carbocycles. The van der Waals surface area contributed by atoms with Crippen molar-refractivity contribution >= 4 is 11.9 Å². The Morgan fingerprint density at radius 1 is 0.458 bits per heavy atom. The highest BCUT2D eigenvalue weighted by Gasteiger charge is 2.65. The highest BCUT2D eigenvalue weighted by molar-refractivity contribution is 5.83. The average molecular weight is 845 g/mol. The molecule has 2 rings (SSSR count). The first-order chi connectivity index (χ1) is 28.2. The number of halogens is 6. The summed E-state index contributed by atoms with van der Waals surface area (Å²) in [5, 5.41) is 0. The van der Waals surface area contributed by atoms with E-state index in [2.05, 4.69) is 6.92 Å². The second-order valence-electron chi connectivity index (χ2n) is 15.7. The van der Waals surface area contributed by atoms with Crippen molar-refractivity contribution in [3.8, 4) is 0 Å². The molecule has 6 nitrogen and oxygen atoms in total. The van der Waals surface area contributed by atoms with Gasteiger partial charge in [-0.2, -0.15) is 26.3 Å². The zero-order valence-electron chi connectivity index (χ0n) is 35.9. The maximum Gasteiger partial charge on any atom is 0.432 e. The van der Waals surface area contributed by atoms with Crippen molar-refractivity contribution in [2.45, 2.75) is 197 Å². The van der Waals surface area contributed by atoms with Crippen molar-refractivity contribution in [2.24, 2.45) is 0 Å². The van der Waals surface area contributed by atoms with Crippen molar-refractivity contribution < 1.29 is 54.9 Å². The van der Waals surface area contributed by atoms with Gasteiger partial charge in [0.15, 0.2) is 0 Å². The predicted octanol–water partition coefficient (Wildman–Crippen LogP) is 14.0. The van der Waals surface area contributed by atoms with E-state index < -0.39 is 58.8 Å². The summed E-state index contributed by atoms with van der Waals surface area (Å²) in [4.78, 5) is 27.5. The van der Waals surface area contributed by atoms with Crippen molar-refractivity contribution in [3.05, 3.63) is 71.8 Å². The molecule has 0 aromatic heterocycles. The van der Waals surface area contributed by atoms with Crippen LogP contribution in [0.5, 0.6) is 0 Å². The van der Waals surface area contributed by atoms with Crippen LogP contribution >= 0.6 is 0 Å². The number of benzene rings is 2. The smallest absolute Gasteiger partial charge is 0.432 e. The molecule has 0 aliphatic rings. The van der Waals surface area contributed by atoms with E-state index in [9.17, 15) is 35.9 Å². The molecule has 336 valence electrons. The van der Waals surface area contributed by atoms with Gasteiger partial charge in [0.2, 0.25) is 0 Å². The quantitative estimate of drug-likeness (QED) is 0.0415. The maximum absolute atomic E-state index is 14.8. The number of ether oxygens (including phenoxy) is 4. The lowest BCUT2D eigenvalue weighted by molar-refractivity contribution is -0.279. The number of carbonyl (C=O) groups excluding carboxylic acids is 2. The molecule has 12 heteroatoms. The van der Waals surface area contributed by atoms with E-state index >= 15 is 0 Å². The summed E-state index contributed by atoms with van der Waals surface area (Å²) in [7, 11) is 1.54. The maximum atomic E-state index is 14.8. The fourth-order valence-electron chi connectivity index (χ4n) is 7.70. The van der Waals surface area contributed by atoms with Crippen LogP contribution in [0.4, 0.5) is 26.3 Å². The number of hydrogen-bond acceptors (Lipinski definition) is 6. The molecule has 0 saturated carbocycles. The molecule has 0 saturated heterocycles. The molecule has 0 spiro atoms. The van der Waals surface area contributed by atoms with Gasteiger partial charge in [0.25, 0.3) is 11.2 Å². The van der Waals surface area contributed by atoms with Crippen LogP contribution in [-0.2, 0) is 39.7 Å². The van der Waals surface area contributed by atoms with Crippen LogP contribution in [0.1, 0.15) is 173 Å². The molecular weight excluding hydrogens is 774 g/mol. The Labute approximate surface area is 349 Å². The summed E-state index contributed by atoms with van der Waals surface area (Å²) in [5.41, 5.74) is -7.91. The molecule has 2 unspecified atom stereocenters. The summed E-state index contributed by atoms with van der Waals surface area (Å²) in [5.74, 6) is -3.42. The van der Waals surface area contributed by atoms with Gasteiger partial charge in [-0.1, -0.05) is 190 Å². The number of unbranched alkanes of at least 4 members (excludes halogenated alkanes) is 18. The molecule has 0 heterocycles. The van der Waals surface area contributed by atoms with Gasteiger partial charge in [0.05, 0.1) is 0 Å². The molecule has 0 fully saturated rings. The largest absolute Gasteiger partial charge is 0.460 e. The topological polar surface area (TPSA) is 71.1 Å². The zero-order valence-corrected chi connectivity index (χ0v) is 35.9. The summed E-state index contributed by atoms with van der Waals surface area (Å²) in [6.45, 7) is 4.15. The number of methoxy groups -OCH3 is 2. The highest BCUT2D eigenvalue weighted by atomic mass is 19.4. The van der Waals surface area contributed by atoms with Crippen LogP contribution in [0, 0.1) is 0 Å². The average Bonchev–Trinajstić information content (AvgIpc) is 3.19. The van der Waals surface area contributed by atoms with Gasteiger partial charge in [-0.05, 0) is 25.7 Å². The van der Waals surface area contributed by atoms with Crippen LogP contribution in [0.15, 0.2) is 60.7 Å². The molecule has 0 amide bonds. The van der Waals surface area contributed by atoms with E-state index in [-0.39, 0.29) is 19.3 Å². The second-order valence-corrected chi connectivity index (χ2v) is 15.7. The third-order valence-corrected chi connectivity index (χ3v) is 11.2. The minimum atomic E-state index is -5.23. The van der Waals surface area contributed by atoms with E-state index in [1.54, 1.807) is 0 Å². The standard InChI is InChI=1S/C47H70F6O6/c1-5-7-9-10-11-12-13-14-15-16-17-18-19-20-21-22-30-36-41(59-43(55)45(57-4,47(51,52)53)39-33-28-24-29-34-39)37-40(35-25-8-6-2)58-42(54)44(56-3,46(48,49)50)38-31-26-23-27-32-38/h23-24,26-29,31-34,40-41H,5-22,25,30,35-37H2,1-4H3/t40-,41-,44?,45?/m0/s1. The SMILES string of the molecule is CCCCCCCCCCCCCCCCCCC[C@@H](C[C@H](CCCCC)OC(=O)C(OC)(c1ccccc1)C(F)(F)F)OC(=O)C(OC)(c1ccccc1)C(F)(F)F. The third-order valence-electron chi connectivity index (χ3n) is 11.2. The number of esters is 2. The molecule has 0 radical (unpaired) electrons. The molecule has 4 atom stereocenters. The Morgan fingerprint density at radius 2 is 0.729 bits per heavy atom. The Morgan fingerprint density at radius 3 is 1.02 bits per heavy atom. The van der Waals surface area contributed by atoms with Gasteiger partial charge in [-0.25, -0.2) is 9.59 Å². The molecule has 0 aliphatic carbocycles. The van der Waals surface area contributed by atoms with Crippen LogP contribution in [-0.4, -0.2) is 50.7 Å². The zero-order chi connectivity index (χ0) is 43.6. The van der Waals surface area contributed by atoms with Crippen molar-refractivity contribution in [3.63, 3.8) is 0 Å². The normalized spacial score (nSPS) is 15.2. The van der Waals surface area contributed by atoms with E-state index in [0.717, 1.165) is 70.6 Å². The monoisotopic (exact) mass is 845 g/mol. The van der Waals surface area contributed by atoms with Gasteiger partial charge in [0.1, 0.15) is 12.2 Å². The molecule has 0 N–H and O–H groups in total.